The minimum atomic E-state index is -3.70. The van der Waals surface area contributed by atoms with Crippen molar-refractivity contribution >= 4 is 27.3 Å². The first kappa shape index (κ1) is 19.2. The number of carbonyl (C=O) groups excluding carboxylic acids is 1. The molecule has 2 aromatic carbocycles. The predicted molar refractivity (Wildman–Crippen MR) is 104 cm³/mol. The summed E-state index contributed by atoms with van der Waals surface area (Å²) >= 11 is 1.34. The highest BCUT2D eigenvalue weighted by Gasteiger charge is 2.11. The zero-order valence-corrected chi connectivity index (χ0v) is 15.8. The van der Waals surface area contributed by atoms with Crippen LogP contribution in [-0.2, 0) is 16.4 Å². The standard InChI is InChI=1S/C19H17FN2O3S2/c20-15-5-3-14(4-6-15)17-9-10-18(26-17)19(23)22-12-11-13-1-7-16(8-2-13)27(21,24)25/h1-10H,11-12H2,(H,22,23)(H2,21,24,25). The second-order valence-corrected chi connectivity index (χ2v) is 8.51. The topological polar surface area (TPSA) is 89.3 Å². The average molecular weight is 404 g/mol. The molecule has 0 spiro atoms. The van der Waals surface area contributed by atoms with Crippen LogP contribution in [0.25, 0.3) is 10.4 Å². The van der Waals surface area contributed by atoms with Crippen molar-refractivity contribution in [3.8, 4) is 10.4 Å². The Kier molecular flexibility index (Phi) is 5.69. The van der Waals surface area contributed by atoms with Gasteiger partial charge in [0.1, 0.15) is 5.82 Å². The van der Waals surface area contributed by atoms with Crippen LogP contribution in [0.2, 0.25) is 0 Å². The van der Waals surface area contributed by atoms with Gasteiger partial charge >= 0.3 is 0 Å². The molecule has 1 aromatic heterocycles. The molecule has 0 atom stereocenters. The van der Waals surface area contributed by atoms with Crippen molar-refractivity contribution in [1.29, 1.82) is 0 Å². The van der Waals surface area contributed by atoms with Crippen molar-refractivity contribution in [1.82, 2.24) is 5.32 Å². The van der Waals surface area contributed by atoms with Crippen LogP contribution in [0.4, 0.5) is 4.39 Å². The molecule has 5 nitrogen and oxygen atoms in total. The van der Waals surface area contributed by atoms with Crippen molar-refractivity contribution in [3.63, 3.8) is 0 Å². The molecule has 0 unspecified atom stereocenters. The van der Waals surface area contributed by atoms with Gasteiger partial charge in [0.2, 0.25) is 10.0 Å². The van der Waals surface area contributed by atoms with Crippen molar-refractivity contribution in [2.75, 3.05) is 6.54 Å². The highest BCUT2D eigenvalue weighted by atomic mass is 32.2. The van der Waals surface area contributed by atoms with Gasteiger partial charge in [0.05, 0.1) is 9.77 Å². The van der Waals surface area contributed by atoms with Gasteiger partial charge in [-0.3, -0.25) is 4.79 Å². The van der Waals surface area contributed by atoms with Crippen LogP contribution in [0.3, 0.4) is 0 Å². The molecule has 0 aliphatic carbocycles. The number of carbonyl (C=O) groups is 1. The number of halogens is 1. The molecule has 0 aliphatic rings. The minimum absolute atomic E-state index is 0.0576. The number of benzene rings is 2. The largest absolute Gasteiger partial charge is 0.351 e. The summed E-state index contributed by atoms with van der Waals surface area (Å²) in [6, 6.07) is 15.9. The fourth-order valence-corrected chi connectivity index (χ4v) is 3.93. The second kappa shape index (κ2) is 7.99. The summed E-state index contributed by atoms with van der Waals surface area (Å²) in [5.74, 6) is -0.486. The Labute approximate surface area is 160 Å². The number of nitrogens with one attached hydrogen (secondary N) is 1. The third-order valence-electron chi connectivity index (χ3n) is 3.91. The molecular weight excluding hydrogens is 387 g/mol. The van der Waals surface area contributed by atoms with Crippen LogP contribution >= 0.6 is 11.3 Å². The molecule has 140 valence electrons. The first-order chi connectivity index (χ1) is 12.8. The Balaban J connectivity index is 1.56. The number of amides is 1. The predicted octanol–water partition coefficient (Wildman–Crippen LogP) is 3.17. The quantitative estimate of drug-likeness (QED) is 0.661. The van der Waals surface area contributed by atoms with E-state index >= 15 is 0 Å². The first-order valence-electron chi connectivity index (χ1n) is 8.09. The summed E-state index contributed by atoms with van der Waals surface area (Å²) in [5, 5.41) is 7.90. The third kappa shape index (κ3) is 5.00. The fourth-order valence-electron chi connectivity index (χ4n) is 2.48. The van der Waals surface area contributed by atoms with E-state index in [2.05, 4.69) is 5.32 Å². The Bertz CT molecular complexity index is 1040. The summed E-state index contributed by atoms with van der Waals surface area (Å²) in [7, 11) is -3.70. The Morgan fingerprint density at radius 3 is 2.30 bits per heavy atom. The summed E-state index contributed by atoms with van der Waals surface area (Å²) in [5.41, 5.74) is 1.75. The molecule has 8 heteroatoms. The molecule has 27 heavy (non-hydrogen) atoms. The maximum Gasteiger partial charge on any atom is 0.261 e. The van der Waals surface area contributed by atoms with E-state index in [9.17, 15) is 17.6 Å². The monoisotopic (exact) mass is 404 g/mol. The van der Waals surface area contributed by atoms with Gasteiger partial charge in [-0.15, -0.1) is 11.3 Å². The number of primary sulfonamides is 1. The molecule has 1 amide bonds. The molecule has 0 saturated carbocycles. The highest BCUT2D eigenvalue weighted by molar-refractivity contribution is 7.89. The molecular formula is C19H17FN2O3S2. The zero-order valence-electron chi connectivity index (χ0n) is 14.2. The van der Waals surface area contributed by atoms with Gasteiger partial charge < -0.3 is 5.32 Å². The minimum Gasteiger partial charge on any atom is -0.351 e. The van der Waals surface area contributed by atoms with Crippen LogP contribution in [0.5, 0.6) is 0 Å². The summed E-state index contributed by atoms with van der Waals surface area (Å²) in [6.45, 7) is 0.414. The van der Waals surface area contributed by atoms with Crippen LogP contribution in [-0.4, -0.2) is 20.9 Å². The van der Waals surface area contributed by atoms with E-state index in [1.165, 1.54) is 35.6 Å². The van der Waals surface area contributed by atoms with E-state index in [0.717, 1.165) is 16.0 Å². The van der Waals surface area contributed by atoms with Gasteiger partial charge in [0.25, 0.3) is 5.91 Å². The lowest BCUT2D eigenvalue weighted by Crippen LogP contribution is -2.24. The summed E-state index contributed by atoms with van der Waals surface area (Å²) in [4.78, 5) is 13.8. The fraction of sp³-hybridized carbons (Fsp3) is 0.105. The lowest BCUT2D eigenvalue weighted by Gasteiger charge is -2.05. The lowest BCUT2D eigenvalue weighted by atomic mass is 10.1. The van der Waals surface area contributed by atoms with E-state index in [4.69, 9.17) is 5.14 Å². The highest BCUT2D eigenvalue weighted by Crippen LogP contribution is 2.28. The van der Waals surface area contributed by atoms with Crippen LogP contribution in [0, 0.1) is 5.82 Å². The number of hydrogen-bond donors (Lipinski definition) is 2. The first-order valence-corrected chi connectivity index (χ1v) is 10.4. The van der Waals surface area contributed by atoms with Crippen molar-refractivity contribution in [3.05, 3.63) is 76.9 Å². The molecule has 0 saturated heterocycles. The molecule has 3 aromatic rings. The average Bonchev–Trinajstić information content (AvgIpc) is 3.12. The number of hydrogen-bond acceptors (Lipinski definition) is 4. The van der Waals surface area contributed by atoms with E-state index in [0.29, 0.717) is 17.8 Å². The number of thiophene rings is 1. The maximum absolute atomic E-state index is 13.0. The molecule has 3 N–H and O–H groups in total. The Morgan fingerprint density at radius 2 is 1.67 bits per heavy atom. The number of sulfonamides is 1. The van der Waals surface area contributed by atoms with E-state index < -0.39 is 10.0 Å². The third-order valence-corrected chi connectivity index (χ3v) is 5.97. The van der Waals surface area contributed by atoms with Gasteiger partial charge in [-0.2, -0.15) is 0 Å². The number of rotatable bonds is 6. The summed E-state index contributed by atoms with van der Waals surface area (Å²) in [6.07, 6.45) is 0.562. The zero-order chi connectivity index (χ0) is 19.4. The molecule has 3 rings (SSSR count). The smallest absolute Gasteiger partial charge is 0.261 e. The molecule has 0 aliphatic heterocycles. The maximum atomic E-state index is 13.0. The molecule has 0 bridgehead atoms. The van der Waals surface area contributed by atoms with Gasteiger partial charge in [0, 0.05) is 11.4 Å². The lowest BCUT2D eigenvalue weighted by molar-refractivity contribution is 0.0958. The molecule has 0 fully saturated rings. The summed E-state index contributed by atoms with van der Waals surface area (Å²) < 4.78 is 35.5. The van der Waals surface area contributed by atoms with Crippen LogP contribution < -0.4 is 10.5 Å². The molecule has 1 heterocycles. The number of nitrogens with two attached hydrogens (primary N) is 1. The van der Waals surface area contributed by atoms with Gasteiger partial charge in [-0.25, -0.2) is 17.9 Å². The molecule has 0 radical (unpaired) electrons. The van der Waals surface area contributed by atoms with Crippen LogP contribution in [0.1, 0.15) is 15.2 Å². The normalized spacial score (nSPS) is 11.3. The van der Waals surface area contributed by atoms with Gasteiger partial charge in [0.15, 0.2) is 0 Å². The SMILES string of the molecule is NS(=O)(=O)c1ccc(CCNC(=O)c2ccc(-c3ccc(F)cc3)s2)cc1. The van der Waals surface area contributed by atoms with Crippen molar-refractivity contribution in [2.24, 2.45) is 5.14 Å². The Morgan fingerprint density at radius 1 is 1.00 bits per heavy atom. The van der Waals surface area contributed by atoms with Crippen LogP contribution in [0.15, 0.2) is 65.6 Å². The Hall–Kier alpha value is -2.55. The van der Waals surface area contributed by atoms with Crippen molar-refractivity contribution in [2.45, 2.75) is 11.3 Å². The van der Waals surface area contributed by atoms with Gasteiger partial charge in [-0.05, 0) is 53.9 Å². The van der Waals surface area contributed by atoms with E-state index in [1.807, 2.05) is 6.07 Å². The second-order valence-electron chi connectivity index (χ2n) is 5.87. The van der Waals surface area contributed by atoms with E-state index in [1.54, 1.807) is 30.3 Å². The van der Waals surface area contributed by atoms with Gasteiger partial charge in [-0.1, -0.05) is 24.3 Å². The van der Waals surface area contributed by atoms with Crippen molar-refractivity contribution < 1.29 is 17.6 Å². The van der Waals surface area contributed by atoms with E-state index in [-0.39, 0.29) is 16.6 Å².